The molecule has 176 valence electrons. The van der Waals surface area contributed by atoms with Crippen molar-refractivity contribution in [2.45, 2.75) is 119 Å². The number of hydrogen-bond donors (Lipinski definition) is 1. The zero-order valence-corrected chi connectivity index (χ0v) is 21.4. The molecule has 5 rings (SSSR count). The summed E-state index contributed by atoms with van der Waals surface area (Å²) >= 11 is 0. The van der Waals surface area contributed by atoms with Crippen molar-refractivity contribution >= 4 is 5.78 Å². The van der Waals surface area contributed by atoms with Gasteiger partial charge in [0.2, 0.25) is 0 Å². The lowest BCUT2D eigenvalue weighted by atomic mass is 9.32. The van der Waals surface area contributed by atoms with Gasteiger partial charge in [0, 0.05) is 5.92 Å². The first-order chi connectivity index (χ1) is 14.3. The molecule has 2 heteroatoms. The minimum Gasteiger partial charge on any atom is -0.393 e. The number of fused-ring (bicyclic) bond motifs is 7. The van der Waals surface area contributed by atoms with E-state index < -0.39 is 0 Å². The third kappa shape index (κ3) is 2.64. The van der Waals surface area contributed by atoms with Gasteiger partial charge in [0.25, 0.3) is 0 Å². The van der Waals surface area contributed by atoms with Crippen molar-refractivity contribution in [3.8, 4) is 0 Å². The average Bonchev–Trinajstić information content (AvgIpc) is 3.04. The normalized spacial score (nSPS) is 57.9. The maximum atomic E-state index is 12.7. The van der Waals surface area contributed by atoms with E-state index in [-0.39, 0.29) is 11.5 Å². The minimum absolute atomic E-state index is 0.0302. The molecule has 0 aliphatic heterocycles. The molecule has 0 radical (unpaired) electrons. The van der Waals surface area contributed by atoms with Crippen LogP contribution in [0.25, 0.3) is 0 Å². The Morgan fingerprint density at radius 3 is 2.13 bits per heavy atom. The Bertz CT molecular complexity index is 771. The van der Waals surface area contributed by atoms with Crippen LogP contribution in [0.5, 0.6) is 0 Å². The fourth-order valence-electron chi connectivity index (χ4n) is 11.4. The molecule has 0 bridgehead atoms. The SMILES string of the molecule is CC(=O)[C@@H]1CC[C@]2(C)CC[C@]3(C)[C@H](CC[C@@H]4[C@@]5(C)CC[C@@H](O)C(C)(C)[C@@H]5CC[C@]43C)[C@@H]12. The van der Waals surface area contributed by atoms with E-state index in [4.69, 9.17) is 0 Å². The maximum Gasteiger partial charge on any atom is 0.133 e. The van der Waals surface area contributed by atoms with Gasteiger partial charge in [0.05, 0.1) is 6.10 Å². The molecule has 0 aromatic heterocycles. The van der Waals surface area contributed by atoms with Gasteiger partial charge in [-0.15, -0.1) is 0 Å². The van der Waals surface area contributed by atoms with E-state index in [2.05, 4.69) is 41.5 Å². The number of carbonyl (C=O) groups is 1. The lowest BCUT2D eigenvalue weighted by Gasteiger charge is -2.72. The van der Waals surface area contributed by atoms with E-state index >= 15 is 0 Å². The van der Waals surface area contributed by atoms with E-state index in [1.807, 2.05) is 6.92 Å². The highest BCUT2D eigenvalue weighted by Crippen LogP contribution is 2.77. The Morgan fingerprint density at radius 1 is 0.742 bits per heavy atom. The maximum absolute atomic E-state index is 12.7. The number of aliphatic hydroxyl groups is 1. The molecule has 0 unspecified atom stereocenters. The van der Waals surface area contributed by atoms with Crippen molar-refractivity contribution in [1.82, 2.24) is 0 Å². The zero-order valence-electron chi connectivity index (χ0n) is 21.4. The molecule has 5 aliphatic rings. The summed E-state index contributed by atoms with van der Waals surface area (Å²) in [6.07, 6.45) is 12.3. The summed E-state index contributed by atoms with van der Waals surface area (Å²) in [5.74, 6) is 3.48. The first-order valence-corrected chi connectivity index (χ1v) is 13.5. The van der Waals surface area contributed by atoms with Crippen LogP contribution in [0.3, 0.4) is 0 Å². The molecule has 0 aromatic rings. The van der Waals surface area contributed by atoms with Crippen molar-refractivity contribution in [1.29, 1.82) is 0 Å². The van der Waals surface area contributed by atoms with Crippen LogP contribution in [0.2, 0.25) is 0 Å². The molecule has 2 nitrogen and oxygen atoms in total. The number of rotatable bonds is 1. The van der Waals surface area contributed by atoms with E-state index in [0.717, 1.165) is 18.8 Å². The summed E-state index contributed by atoms with van der Waals surface area (Å²) in [4.78, 5) is 12.7. The second kappa shape index (κ2) is 6.61. The van der Waals surface area contributed by atoms with Crippen LogP contribution in [0.15, 0.2) is 0 Å². The third-order valence-corrected chi connectivity index (χ3v) is 13.4. The molecule has 0 spiro atoms. The lowest BCUT2D eigenvalue weighted by molar-refractivity contribution is -0.246. The summed E-state index contributed by atoms with van der Waals surface area (Å²) in [7, 11) is 0. The first kappa shape index (κ1) is 22.4. The van der Waals surface area contributed by atoms with Crippen LogP contribution in [0.1, 0.15) is 113 Å². The zero-order chi connectivity index (χ0) is 22.6. The monoisotopic (exact) mass is 428 g/mol. The Kier molecular flexibility index (Phi) is 4.78. The average molecular weight is 429 g/mol. The second-order valence-corrected chi connectivity index (χ2v) is 14.5. The second-order valence-electron chi connectivity index (χ2n) is 14.5. The highest BCUT2D eigenvalue weighted by atomic mass is 16.3. The molecule has 0 aromatic carbocycles. The predicted octanol–water partition coefficient (Wildman–Crippen LogP) is 7.04. The predicted molar refractivity (Wildman–Crippen MR) is 127 cm³/mol. The van der Waals surface area contributed by atoms with Crippen molar-refractivity contribution in [3.63, 3.8) is 0 Å². The Balaban J connectivity index is 1.54. The lowest BCUT2D eigenvalue weighted by Crippen LogP contribution is -2.66. The van der Waals surface area contributed by atoms with Gasteiger partial charge >= 0.3 is 0 Å². The number of hydrogen-bond acceptors (Lipinski definition) is 2. The topological polar surface area (TPSA) is 37.3 Å². The number of carbonyl (C=O) groups excluding carboxylic acids is 1. The van der Waals surface area contributed by atoms with Gasteiger partial charge in [-0.05, 0) is 122 Å². The Hall–Kier alpha value is -0.370. The standard InChI is InChI=1S/C29H48O2/c1-18(30)19-10-13-26(4)16-17-28(6)20(24(19)26)8-9-22-27(5)14-12-23(31)25(2,3)21(27)11-15-29(22,28)7/h19-24,31H,8-17H2,1-7H3/t19-,20+,21-,22+,23+,24+,26+,27-,28+,29+/m0/s1. The van der Waals surface area contributed by atoms with E-state index in [1.54, 1.807) is 0 Å². The van der Waals surface area contributed by atoms with Gasteiger partial charge in [-0.2, -0.15) is 0 Å². The van der Waals surface area contributed by atoms with Crippen molar-refractivity contribution in [2.24, 2.45) is 56.7 Å². The highest BCUT2D eigenvalue weighted by molar-refractivity contribution is 5.79. The molecular weight excluding hydrogens is 380 g/mol. The largest absolute Gasteiger partial charge is 0.393 e. The highest BCUT2D eigenvalue weighted by Gasteiger charge is 2.70. The van der Waals surface area contributed by atoms with Crippen LogP contribution in [-0.2, 0) is 4.79 Å². The summed E-state index contributed by atoms with van der Waals surface area (Å²) in [5, 5.41) is 10.9. The molecule has 5 saturated carbocycles. The number of aliphatic hydroxyl groups excluding tert-OH is 1. The van der Waals surface area contributed by atoms with E-state index in [0.29, 0.717) is 51.1 Å². The summed E-state index contributed by atoms with van der Waals surface area (Å²) in [6, 6.07) is 0. The Morgan fingerprint density at radius 2 is 1.45 bits per heavy atom. The van der Waals surface area contributed by atoms with Crippen LogP contribution in [0, 0.1) is 56.7 Å². The molecule has 0 saturated heterocycles. The number of Topliss-reactive ketones (excluding diaryl/α,β-unsaturated/α-hetero) is 1. The van der Waals surface area contributed by atoms with Gasteiger partial charge in [0.1, 0.15) is 5.78 Å². The van der Waals surface area contributed by atoms with Gasteiger partial charge in [0.15, 0.2) is 0 Å². The first-order valence-electron chi connectivity index (χ1n) is 13.5. The molecule has 0 heterocycles. The van der Waals surface area contributed by atoms with E-state index in [1.165, 1.54) is 51.4 Å². The number of ketones is 1. The van der Waals surface area contributed by atoms with E-state index in [9.17, 15) is 9.90 Å². The molecule has 10 atom stereocenters. The van der Waals surface area contributed by atoms with Gasteiger partial charge in [-0.25, -0.2) is 0 Å². The summed E-state index contributed by atoms with van der Waals surface area (Å²) < 4.78 is 0. The fraction of sp³-hybridized carbons (Fsp3) is 0.966. The molecule has 0 amide bonds. The molecule has 5 aliphatic carbocycles. The van der Waals surface area contributed by atoms with Gasteiger partial charge in [-0.1, -0.05) is 41.5 Å². The van der Waals surface area contributed by atoms with Crippen molar-refractivity contribution < 1.29 is 9.90 Å². The van der Waals surface area contributed by atoms with Crippen molar-refractivity contribution in [3.05, 3.63) is 0 Å². The van der Waals surface area contributed by atoms with Crippen LogP contribution < -0.4 is 0 Å². The van der Waals surface area contributed by atoms with Crippen LogP contribution in [0.4, 0.5) is 0 Å². The smallest absolute Gasteiger partial charge is 0.133 e. The van der Waals surface area contributed by atoms with Crippen molar-refractivity contribution in [2.75, 3.05) is 0 Å². The third-order valence-electron chi connectivity index (χ3n) is 13.4. The quantitative estimate of drug-likeness (QED) is 0.486. The van der Waals surface area contributed by atoms with Crippen LogP contribution in [-0.4, -0.2) is 17.0 Å². The summed E-state index contributed by atoms with van der Waals surface area (Å²) in [6.45, 7) is 17.0. The molecular formula is C29H48O2. The summed E-state index contributed by atoms with van der Waals surface area (Å²) in [5.41, 5.74) is 1.49. The molecule has 31 heavy (non-hydrogen) atoms. The molecule has 5 fully saturated rings. The van der Waals surface area contributed by atoms with Crippen LogP contribution >= 0.6 is 0 Å². The van der Waals surface area contributed by atoms with Gasteiger partial charge < -0.3 is 5.11 Å². The van der Waals surface area contributed by atoms with Gasteiger partial charge in [-0.3, -0.25) is 4.79 Å². The Labute approximate surface area is 191 Å². The fourth-order valence-corrected chi connectivity index (χ4v) is 11.4. The minimum atomic E-state index is -0.146. The molecule has 1 N–H and O–H groups in total.